The molecule has 1 atom stereocenters. The minimum atomic E-state index is -0.760. The Kier molecular flexibility index (Phi) is 3.28. The molecule has 0 amide bonds. The number of nitrogens with two attached hydrogens (primary N) is 1. The van der Waals surface area contributed by atoms with E-state index in [9.17, 15) is 4.79 Å². The normalized spacial score (nSPS) is 12.2. The van der Waals surface area contributed by atoms with Crippen LogP contribution in [-0.2, 0) is 9.53 Å². The van der Waals surface area contributed by atoms with Crippen molar-refractivity contribution in [3.05, 3.63) is 34.9 Å². The second kappa shape index (κ2) is 4.25. The topological polar surface area (TPSA) is 52.3 Å². The highest BCUT2D eigenvalue weighted by atomic mass is 35.5. The van der Waals surface area contributed by atoms with Gasteiger partial charge < -0.3 is 10.5 Å². The van der Waals surface area contributed by atoms with Gasteiger partial charge in [0.15, 0.2) is 0 Å². The van der Waals surface area contributed by atoms with E-state index in [1.54, 1.807) is 24.3 Å². The molecular weight excluding hydrogens is 190 g/mol. The number of rotatable bonds is 2. The number of benzene rings is 1. The zero-order chi connectivity index (χ0) is 9.84. The van der Waals surface area contributed by atoms with Crippen LogP contribution in [0, 0.1) is 0 Å². The summed E-state index contributed by atoms with van der Waals surface area (Å²) in [6.07, 6.45) is 0. The van der Waals surface area contributed by atoms with Crippen LogP contribution in [0.4, 0.5) is 0 Å². The molecule has 1 aromatic carbocycles. The van der Waals surface area contributed by atoms with Crippen molar-refractivity contribution in [2.75, 3.05) is 7.11 Å². The maximum Gasteiger partial charge on any atom is 0.327 e. The third-order valence-electron chi connectivity index (χ3n) is 1.66. The van der Waals surface area contributed by atoms with Crippen LogP contribution in [0.15, 0.2) is 24.3 Å². The van der Waals surface area contributed by atoms with Gasteiger partial charge in [-0.1, -0.05) is 23.7 Å². The molecule has 1 rings (SSSR count). The predicted octanol–water partition coefficient (Wildman–Crippen LogP) is 1.51. The van der Waals surface area contributed by atoms with Gasteiger partial charge in [-0.3, -0.25) is 4.79 Å². The van der Waals surface area contributed by atoms with Crippen LogP contribution < -0.4 is 5.73 Å². The van der Waals surface area contributed by atoms with Crippen molar-refractivity contribution in [3.8, 4) is 0 Å². The summed E-state index contributed by atoms with van der Waals surface area (Å²) in [5.41, 5.74) is 6.24. The Balaban J connectivity index is 2.88. The molecule has 0 spiro atoms. The van der Waals surface area contributed by atoms with Gasteiger partial charge >= 0.3 is 5.97 Å². The number of esters is 1. The molecule has 0 heterocycles. The average molecular weight is 200 g/mol. The number of hydrogen-bond donors (Lipinski definition) is 1. The lowest BCUT2D eigenvalue weighted by Crippen LogP contribution is -2.22. The van der Waals surface area contributed by atoms with Crippen molar-refractivity contribution in [1.82, 2.24) is 0 Å². The minimum Gasteiger partial charge on any atom is -0.468 e. The molecule has 0 aliphatic rings. The average Bonchev–Trinajstić information content (AvgIpc) is 2.15. The van der Waals surface area contributed by atoms with Gasteiger partial charge in [0.25, 0.3) is 0 Å². The fraction of sp³-hybridized carbons (Fsp3) is 0.222. The highest BCUT2D eigenvalue weighted by Crippen LogP contribution is 2.16. The second-order valence-corrected chi connectivity index (χ2v) is 2.99. The zero-order valence-corrected chi connectivity index (χ0v) is 7.91. The van der Waals surface area contributed by atoms with Crippen molar-refractivity contribution < 1.29 is 9.53 Å². The summed E-state index contributed by atoms with van der Waals surface area (Å²) in [7, 11) is 1.30. The van der Waals surface area contributed by atoms with E-state index in [2.05, 4.69) is 4.74 Å². The minimum absolute atomic E-state index is 0.470. The molecule has 4 heteroatoms. The van der Waals surface area contributed by atoms with Crippen LogP contribution in [0.3, 0.4) is 0 Å². The third-order valence-corrected chi connectivity index (χ3v) is 1.90. The standard InChI is InChI=1S/C9H10ClNO2/c1-13-9(12)8(11)6-3-2-4-7(10)5-6/h2-5,8H,11H2,1H3/t8-/m0/s1. The fourth-order valence-electron chi connectivity index (χ4n) is 0.963. The molecule has 13 heavy (non-hydrogen) atoms. The van der Waals surface area contributed by atoms with E-state index in [1.165, 1.54) is 7.11 Å². The molecule has 0 aromatic heterocycles. The maximum atomic E-state index is 11.0. The van der Waals surface area contributed by atoms with Gasteiger partial charge in [0.1, 0.15) is 6.04 Å². The lowest BCUT2D eigenvalue weighted by Gasteiger charge is -2.08. The van der Waals surface area contributed by atoms with Gasteiger partial charge in [-0.15, -0.1) is 0 Å². The maximum absolute atomic E-state index is 11.0. The number of carbonyl (C=O) groups is 1. The van der Waals surface area contributed by atoms with Crippen molar-refractivity contribution >= 4 is 17.6 Å². The Morgan fingerprint density at radius 2 is 2.31 bits per heavy atom. The molecule has 2 N–H and O–H groups in total. The van der Waals surface area contributed by atoms with E-state index in [-0.39, 0.29) is 0 Å². The van der Waals surface area contributed by atoms with Crippen LogP contribution in [0.1, 0.15) is 11.6 Å². The first kappa shape index (κ1) is 10.0. The molecule has 70 valence electrons. The summed E-state index contributed by atoms with van der Waals surface area (Å²) in [6.45, 7) is 0. The molecule has 0 saturated carbocycles. The summed E-state index contributed by atoms with van der Waals surface area (Å²) in [5, 5.41) is 0.553. The van der Waals surface area contributed by atoms with Gasteiger partial charge in [0, 0.05) is 5.02 Å². The highest BCUT2D eigenvalue weighted by Gasteiger charge is 2.15. The smallest absolute Gasteiger partial charge is 0.327 e. The van der Waals surface area contributed by atoms with Gasteiger partial charge in [-0.25, -0.2) is 0 Å². The first-order valence-electron chi connectivity index (χ1n) is 3.74. The van der Waals surface area contributed by atoms with Crippen molar-refractivity contribution in [2.24, 2.45) is 5.73 Å². The molecule has 0 bridgehead atoms. The molecule has 0 unspecified atom stereocenters. The molecule has 1 aromatic rings. The Bertz CT molecular complexity index is 314. The lowest BCUT2D eigenvalue weighted by molar-refractivity contribution is -0.142. The van der Waals surface area contributed by atoms with Crippen LogP contribution in [0.25, 0.3) is 0 Å². The number of ether oxygens (including phenoxy) is 1. The molecule has 3 nitrogen and oxygen atoms in total. The van der Waals surface area contributed by atoms with Gasteiger partial charge in [-0.05, 0) is 17.7 Å². The van der Waals surface area contributed by atoms with Crippen LogP contribution >= 0.6 is 11.6 Å². The fourth-order valence-corrected chi connectivity index (χ4v) is 1.16. The van der Waals surface area contributed by atoms with Crippen LogP contribution in [-0.4, -0.2) is 13.1 Å². The van der Waals surface area contributed by atoms with E-state index >= 15 is 0 Å². The Morgan fingerprint density at radius 3 is 2.85 bits per heavy atom. The molecular formula is C9H10ClNO2. The van der Waals surface area contributed by atoms with E-state index in [1.807, 2.05) is 0 Å². The van der Waals surface area contributed by atoms with E-state index in [4.69, 9.17) is 17.3 Å². The largest absolute Gasteiger partial charge is 0.468 e. The van der Waals surface area contributed by atoms with E-state index in [0.717, 1.165) is 0 Å². The molecule has 0 radical (unpaired) electrons. The van der Waals surface area contributed by atoms with E-state index in [0.29, 0.717) is 10.6 Å². The number of hydrogen-bond acceptors (Lipinski definition) is 3. The van der Waals surface area contributed by atoms with Crippen molar-refractivity contribution in [2.45, 2.75) is 6.04 Å². The predicted molar refractivity (Wildman–Crippen MR) is 50.4 cm³/mol. The number of methoxy groups -OCH3 is 1. The quantitative estimate of drug-likeness (QED) is 0.735. The first-order chi connectivity index (χ1) is 6.15. The summed E-state index contributed by atoms with van der Waals surface area (Å²) in [4.78, 5) is 11.0. The Morgan fingerprint density at radius 1 is 1.62 bits per heavy atom. The van der Waals surface area contributed by atoms with Gasteiger partial charge in [0.2, 0.25) is 0 Å². The summed E-state index contributed by atoms with van der Waals surface area (Å²) in [5.74, 6) is -0.470. The number of carbonyl (C=O) groups excluding carboxylic acids is 1. The van der Waals surface area contributed by atoms with Crippen molar-refractivity contribution in [3.63, 3.8) is 0 Å². The molecule has 0 aliphatic heterocycles. The number of halogens is 1. The van der Waals surface area contributed by atoms with Crippen LogP contribution in [0.5, 0.6) is 0 Å². The van der Waals surface area contributed by atoms with Gasteiger partial charge in [-0.2, -0.15) is 0 Å². The molecule has 0 aliphatic carbocycles. The first-order valence-corrected chi connectivity index (χ1v) is 4.12. The zero-order valence-electron chi connectivity index (χ0n) is 7.16. The van der Waals surface area contributed by atoms with Crippen LogP contribution in [0.2, 0.25) is 5.02 Å². The second-order valence-electron chi connectivity index (χ2n) is 2.56. The molecule has 0 saturated heterocycles. The third kappa shape index (κ3) is 2.44. The molecule has 0 fully saturated rings. The lowest BCUT2D eigenvalue weighted by atomic mass is 10.1. The van der Waals surface area contributed by atoms with E-state index < -0.39 is 12.0 Å². The highest BCUT2D eigenvalue weighted by molar-refractivity contribution is 6.30. The summed E-state index contributed by atoms with van der Waals surface area (Å²) >= 11 is 5.73. The Hall–Kier alpha value is -1.06. The van der Waals surface area contributed by atoms with Crippen molar-refractivity contribution in [1.29, 1.82) is 0 Å². The Labute approximate surface area is 81.4 Å². The SMILES string of the molecule is COC(=O)[C@@H](N)c1cccc(Cl)c1. The monoisotopic (exact) mass is 199 g/mol. The summed E-state index contributed by atoms with van der Waals surface area (Å²) in [6, 6.07) is 6.07. The summed E-state index contributed by atoms with van der Waals surface area (Å²) < 4.78 is 4.50. The van der Waals surface area contributed by atoms with Gasteiger partial charge in [0.05, 0.1) is 7.11 Å².